The third-order valence-electron chi connectivity index (χ3n) is 3.73. The predicted octanol–water partition coefficient (Wildman–Crippen LogP) is 3.94. The minimum absolute atomic E-state index is 0.0550. The summed E-state index contributed by atoms with van der Waals surface area (Å²) < 4.78 is 0. The third kappa shape index (κ3) is 3.34. The number of hydrogen-bond donors (Lipinski definition) is 0. The van der Waals surface area contributed by atoms with Gasteiger partial charge in [-0.2, -0.15) is 0 Å². The molecule has 1 aliphatic rings. The van der Waals surface area contributed by atoms with Gasteiger partial charge in [0.1, 0.15) is 0 Å². The van der Waals surface area contributed by atoms with Crippen molar-refractivity contribution in [1.29, 1.82) is 0 Å². The van der Waals surface area contributed by atoms with Crippen molar-refractivity contribution in [1.82, 2.24) is 4.90 Å². The molecule has 0 unspecified atom stereocenters. The number of fused-ring (bicyclic) bond motifs is 1. The van der Waals surface area contributed by atoms with E-state index in [1.165, 1.54) is 11.1 Å². The lowest BCUT2D eigenvalue weighted by atomic mass is 10.00. The predicted molar refractivity (Wildman–Crippen MR) is 86.0 cm³/mol. The van der Waals surface area contributed by atoms with Crippen LogP contribution in [0.15, 0.2) is 54.6 Å². The molecule has 1 aliphatic heterocycles. The summed E-state index contributed by atoms with van der Waals surface area (Å²) in [6.45, 7) is 1.47. The Hall–Kier alpha value is -2.06. The first-order chi connectivity index (χ1) is 10.2. The van der Waals surface area contributed by atoms with E-state index in [1.54, 1.807) is 6.08 Å². The Morgan fingerprint density at radius 3 is 2.52 bits per heavy atom. The van der Waals surface area contributed by atoms with Crippen LogP contribution in [0.3, 0.4) is 0 Å². The fourth-order valence-electron chi connectivity index (χ4n) is 2.53. The van der Waals surface area contributed by atoms with Gasteiger partial charge in [-0.25, -0.2) is 0 Å². The molecule has 0 radical (unpaired) electrons. The van der Waals surface area contributed by atoms with Gasteiger partial charge in [-0.05, 0) is 41.3 Å². The third-order valence-corrected chi connectivity index (χ3v) is 3.98. The molecule has 0 saturated carbocycles. The highest BCUT2D eigenvalue weighted by atomic mass is 35.5. The van der Waals surface area contributed by atoms with Gasteiger partial charge in [0, 0.05) is 24.2 Å². The molecule has 0 fully saturated rings. The molecule has 0 spiro atoms. The minimum atomic E-state index is 0.0550. The maximum absolute atomic E-state index is 12.3. The molecule has 2 aromatic carbocycles. The summed E-state index contributed by atoms with van der Waals surface area (Å²) in [7, 11) is 0. The average molecular weight is 298 g/mol. The van der Waals surface area contributed by atoms with Gasteiger partial charge in [0.05, 0.1) is 0 Å². The van der Waals surface area contributed by atoms with Gasteiger partial charge in [0.25, 0.3) is 0 Å². The van der Waals surface area contributed by atoms with Crippen LogP contribution < -0.4 is 0 Å². The van der Waals surface area contributed by atoms with Gasteiger partial charge in [-0.1, -0.05) is 48.0 Å². The molecule has 21 heavy (non-hydrogen) atoms. The molecule has 106 valence electrons. The van der Waals surface area contributed by atoms with Crippen LogP contribution in [-0.2, 0) is 17.8 Å². The van der Waals surface area contributed by atoms with E-state index >= 15 is 0 Å². The Morgan fingerprint density at radius 1 is 1.05 bits per heavy atom. The van der Waals surface area contributed by atoms with Gasteiger partial charge in [0.15, 0.2) is 0 Å². The average Bonchev–Trinajstić information content (AvgIpc) is 2.53. The summed E-state index contributed by atoms with van der Waals surface area (Å²) in [5.74, 6) is 0.0550. The van der Waals surface area contributed by atoms with Crippen LogP contribution in [0, 0.1) is 0 Å². The maximum Gasteiger partial charge on any atom is 0.246 e. The number of carbonyl (C=O) groups excluding carboxylic acids is 1. The molecule has 0 saturated heterocycles. The van der Waals surface area contributed by atoms with E-state index in [9.17, 15) is 4.79 Å². The Bertz CT molecular complexity index is 676. The lowest BCUT2D eigenvalue weighted by Crippen LogP contribution is -2.34. The molecule has 0 aliphatic carbocycles. The standard InChI is InChI=1S/C18H16ClNO/c19-17-8-5-14(6-9-17)7-10-18(21)20-12-11-15-3-1-2-4-16(15)13-20/h1-10H,11-13H2/b10-7+. The first-order valence-corrected chi connectivity index (χ1v) is 7.39. The summed E-state index contributed by atoms with van der Waals surface area (Å²) in [5.41, 5.74) is 3.57. The second-order valence-corrected chi connectivity index (χ2v) is 5.60. The lowest BCUT2D eigenvalue weighted by molar-refractivity contribution is -0.126. The number of halogens is 1. The molecule has 0 N–H and O–H groups in total. The zero-order chi connectivity index (χ0) is 14.7. The molecular formula is C18H16ClNO. The fraction of sp³-hybridized carbons (Fsp3) is 0.167. The van der Waals surface area contributed by atoms with Crippen molar-refractivity contribution in [3.05, 3.63) is 76.3 Å². The maximum atomic E-state index is 12.3. The summed E-state index contributed by atoms with van der Waals surface area (Å²) in [6, 6.07) is 15.8. The van der Waals surface area contributed by atoms with E-state index in [1.807, 2.05) is 41.3 Å². The van der Waals surface area contributed by atoms with Crippen LogP contribution in [0.25, 0.3) is 6.08 Å². The molecule has 2 aromatic rings. The molecule has 3 rings (SSSR count). The highest BCUT2D eigenvalue weighted by Gasteiger charge is 2.18. The van der Waals surface area contributed by atoms with Crippen molar-refractivity contribution in [2.24, 2.45) is 0 Å². The second-order valence-electron chi connectivity index (χ2n) is 5.16. The summed E-state index contributed by atoms with van der Waals surface area (Å²) in [5, 5.41) is 0.700. The fourth-order valence-corrected chi connectivity index (χ4v) is 2.66. The Labute approximate surface area is 129 Å². The van der Waals surface area contributed by atoms with Crippen LogP contribution in [0.4, 0.5) is 0 Å². The number of rotatable bonds is 2. The lowest BCUT2D eigenvalue weighted by Gasteiger charge is -2.27. The zero-order valence-corrected chi connectivity index (χ0v) is 12.4. The van der Waals surface area contributed by atoms with Crippen LogP contribution in [0.2, 0.25) is 5.02 Å². The van der Waals surface area contributed by atoms with Gasteiger partial charge >= 0.3 is 0 Å². The van der Waals surface area contributed by atoms with Crippen LogP contribution in [0.1, 0.15) is 16.7 Å². The molecule has 2 nitrogen and oxygen atoms in total. The van der Waals surface area contributed by atoms with E-state index in [4.69, 9.17) is 11.6 Å². The topological polar surface area (TPSA) is 20.3 Å². The SMILES string of the molecule is O=C(/C=C/c1ccc(Cl)cc1)N1CCc2ccccc2C1. The van der Waals surface area contributed by atoms with Crippen molar-refractivity contribution in [3.63, 3.8) is 0 Å². The van der Waals surface area contributed by atoms with E-state index < -0.39 is 0 Å². The first kappa shape index (κ1) is 13.9. The number of benzene rings is 2. The molecule has 1 amide bonds. The van der Waals surface area contributed by atoms with E-state index in [0.717, 1.165) is 18.5 Å². The highest BCUT2D eigenvalue weighted by Crippen LogP contribution is 2.19. The van der Waals surface area contributed by atoms with Crippen molar-refractivity contribution >= 4 is 23.6 Å². The molecule has 0 atom stereocenters. The molecule has 3 heteroatoms. The van der Waals surface area contributed by atoms with Gasteiger partial charge in [0.2, 0.25) is 5.91 Å². The van der Waals surface area contributed by atoms with Crippen molar-refractivity contribution < 1.29 is 4.79 Å². The van der Waals surface area contributed by atoms with Crippen molar-refractivity contribution in [2.75, 3.05) is 6.54 Å². The molecule has 0 aromatic heterocycles. The normalized spacial score (nSPS) is 14.2. The second kappa shape index (κ2) is 6.15. The molecular weight excluding hydrogens is 282 g/mol. The minimum Gasteiger partial charge on any atom is -0.334 e. The Kier molecular flexibility index (Phi) is 4.07. The summed E-state index contributed by atoms with van der Waals surface area (Å²) >= 11 is 5.84. The quantitative estimate of drug-likeness (QED) is 0.769. The number of hydrogen-bond acceptors (Lipinski definition) is 1. The van der Waals surface area contributed by atoms with E-state index in [-0.39, 0.29) is 5.91 Å². The first-order valence-electron chi connectivity index (χ1n) is 7.02. The van der Waals surface area contributed by atoms with E-state index in [2.05, 4.69) is 18.2 Å². The van der Waals surface area contributed by atoms with Crippen molar-refractivity contribution in [2.45, 2.75) is 13.0 Å². The smallest absolute Gasteiger partial charge is 0.246 e. The zero-order valence-electron chi connectivity index (χ0n) is 11.6. The largest absolute Gasteiger partial charge is 0.334 e. The number of amides is 1. The monoisotopic (exact) mass is 297 g/mol. The number of carbonyl (C=O) groups is 1. The molecule has 1 heterocycles. The van der Waals surface area contributed by atoms with Gasteiger partial charge < -0.3 is 4.90 Å². The Balaban J connectivity index is 1.68. The van der Waals surface area contributed by atoms with Gasteiger partial charge in [-0.3, -0.25) is 4.79 Å². The Morgan fingerprint density at radius 2 is 1.76 bits per heavy atom. The van der Waals surface area contributed by atoms with Crippen molar-refractivity contribution in [3.8, 4) is 0 Å². The van der Waals surface area contributed by atoms with Crippen LogP contribution >= 0.6 is 11.6 Å². The number of nitrogens with zero attached hydrogens (tertiary/aromatic N) is 1. The molecule has 0 bridgehead atoms. The van der Waals surface area contributed by atoms with Crippen LogP contribution in [-0.4, -0.2) is 17.4 Å². The summed E-state index contributed by atoms with van der Waals surface area (Å²) in [6.07, 6.45) is 4.40. The summed E-state index contributed by atoms with van der Waals surface area (Å²) in [4.78, 5) is 14.1. The van der Waals surface area contributed by atoms with E-state index in [0.29, 0.717) is 11.6 Å². The van der Waals surface area contributed by atoms with Crippen LogP contribution in [0.5, 0.6) is 0 Å². The van der Waals surface area contributed by atoms with Gasteiger partial charge in [-0.15, -0.1) is 0 Å². The highest BCUT2D eigenvalue weighted by molar-refractivity contribution is 6.30.